The first kappa shape index (κ1) is 15.9. The molecule has 6 heteroatoms. The average molecular weight is 299 g/mol. The van der Waals surface area contributed by atoms with E-state index in [0.717, 1.165) is 0 Å². The molecule has 21 heavy (non-hydrogen) atoms. The lowest BCUT2D eigenvalue weighted by molar-refractivity contribution is -0.146. The summed E-state index contributed by atoms with van der Waals surface area (Å²) in [6.45, 7) is 0.697. The lowest BCUT2D eigenvalue weighted by atomic mass is 10.1. The van der Waals surface area contributed by atoms with Crippen molar-refractivity contribution in [2.24, 2.45) is 0 Å². The summed E-state index contributed by atoms with van der Waals surface area (Å²) in [5.41, 5.74) is 0.000935. The largest absolute Gasteiger partial charge is 0.469 e. The second-order valence-electron chi connectivity index (χ2n) is 5.08. The highest BCUT2D eigenvalue weighted by Gasteiger charge is 2.36. The number of alkyl halides is 2. The van der Waals surface area contributed by atoms with Crippen molar-refractivity contribution in [2.75, 3.05) is 33.4 Å². The number of esters is 1. The highest BCUT2D eigenvalue weighted by atomic mass is 19.3. The van der Waals surface area contributed by atoms with Gasteiger partial charge in [-0.15, -0.1) is 0 Å². The fourth-order valence-electron chi connectivity index (χ4n) is 2.37. The molecule has 1 aromatic rings. The van der Waals surface area contributed by atoms with Gasteiger partial charge in [0.05, 0.1) is 32.8 Å². The van der Waals surface area contributed by atoms with Gasteiger partial charge in [-0.2, -0.15) is 8.78 Å². The summed E-state index contributed by atoms with van der Waals surface area (Å²) in [4.78, 5) is 12.9. The molecule has 1 aliphatic heterocycles. The molecule has 1 unspecified atom stereocenters. The zero-order valence-electron chi connectivity index (χ0n) is 11.9. The van der Waals surface area contributed by atoms with Crippen molar-refractivity contribution < 1.29 is 23.0 Å². The van der Waals surface area contributed by atoms with Gasteiger partial charge in [0, 0.05) is 18.7 Å². The molecule has 1 atom stereocenters. The molecule has 1 heterocycles. The molecule has 116 valence electrons. The van der Waals surface area contributed by atoms with E-state index in [1.165, 1.54) is 19.2 Å². The van der Waals surface area contributed by atoms with Crippen LogP contribution in [-0.4, -0.2) is 50.3 Å². The van der Waals surface area contributed by atoms with Gasteiger partial charge in [-0.05, 0) is 0 Å². The molecule has 0 aromatic heterocycles. The lowest BCUT2D eigenvalue weighted by Crippen LogP contribution is -2.47. The smallest absolute Gasteiger partial charge is 0.308 e. The number of nitrogens with zero attached hydrogens (tertiary/aromatic N) is 1. The third kappa shape index (κ3) is 4.47. The predicted molar refractivity (Wildman–Crippen MR) is 73.1 cm³/mol. The Labute approximate surface area is 122 Å². The summed E-state index contributed by atoms with van der Waals surface area (Å²) in [5, 5.41) is 0. The zero-order valence-corrected chi connectivity index (χ0v) is 11.9. The Bertz CT molecular complexity index is 467. The van der Waals surface area contributed by atoms with Gasteiger partial charge >= 0.3 is 5.97 Å². The van der Waals surface area contributed by atoms with Crippen LogP contribution in [0.15, 0.2) is 30.3 Å². The van der Waals surface area contributed by atoms with E-state index in [9.17, 15) is 13.6 Å². The predicted octanol–water partition coefficient (Wildman–Crippen LogP) is 2.04. The third-order valence-electron chi connectivity index (χ3n) is 3.46. The van der Waals surface area contributed by atoms with E-state index in [0.29, 0.717) is 19.7 Å². The first-order chi connectivity index (χ1) is 10.0. The van der Waals surface area contributed by atoms with Crippen molar-refractivity contribution in [1.29, 1.82) is 0 Å². The topological polar surface area (TPSA) is 38.8 Å². The minimum Gasteiger partial charge on any atom is -0.469 e. The maximum Gasteiger partial charge on any atom is 0.308 e. The van der Waals surface area contributed by atoms with E-state index in [4.69, 9.17) is 4.74 Å². The Morgan fingerprint density at radius 1 is 1.43 bits per heavy atom. The van der Waals surface area contributed by atoms with Crippen molar-refractivity contribution in [3.8, 4) is 0 Å². The summed E-state index contributed by atoms with van der Waals surface area (Å²) in [6, 6.07) is 7.75. The number of hydrogen-bond donors (Lipinski definition) is 0. The van der Waals surface area contributed by atoms with Crippen molar-refractivity contribution in [2.45, 2.75) is 18.4 Å². The molecular formula is C15H19F2NO3. The molecular weight excluding hydrogens is 280 g/mol. The van der Waals surface area contributed by atoms with Gasteiger partial charge in [-0.25, -0.2) is 0 Å². The molecule has 1 fully saturated rings. The van der Waals surface area contributed by atoms with Gasteiger partial charge < -0.3 is 9.47 Å². The number of carbonyl (C=O) groups is 1. The average Bonchev–Trinajstić information content (AvgIpc) is 2.48. The molecule has 0 amide bonds. The highest BCUT2D eigenvalue weighted by Crippen LogP contribution is 2.29. The first-order valence-electron chi connectivity index (χ1n) is 6.85. The fourth-order valence-corrected chi connectivity index (χ4v) is 2.37. The number of rotatable bonds is 5. The SMILES string of the molecule is COC(=O)CC1CN(CC(F)(F)c2ccccc2)CCO1. The van der Waals surface area contributed by atoms with Gasteiger partial charge in [0.1, 0.15) is 0 Å². The molecule has 0 saturated carbocycles. The lowest BCUT2D eigenvalue weighted by Gasteiger charge is -2.34. The number of benzene rings is 1. The van der Waals surface area contributed by atoms with Crippen molar-refractivity contribution in [3.63, 3.8) is 0 Å². The summed E-state index contributed by atoms with van der Waals surface area (Å²) in [7, 11) is 1.30. The van der Waals surface area contributed by atoms with Crippen LogP contribution in [-0.2, 0) is 20.2 Å². The van der Waals surface area contributed by atoms with E-state index < -0.39 is 18.0 Å². The Kier molecular flexibility index (Phi) is 5.25. The van der Waals surface area contributed by atoms with Gasteiger partial charge in [0.25, 0.3) is 5.92 Å². The molecule has 1 aliphatic rings. The monoisotopic (exact) mass is 299 g/mol. The fraction of sp³-hybridized carbons (Fsp3) is 0.533. The van der Waals surface area contributed by atoms with E-state index in [-0.39, 0.29) is 18.5 Å². The molecule has 0 bridgehead atoms. The van der Waals surface area contributed by atoms with E-state index >= 15 is 0 Å². The highest BCUT2D eigenvalue weighted by molar-refractivity contribution is 5.69. The van der Waals surface area contributed by atoms with Crippen molar-refractivity contribution in [3.05, 3.63) is 35.9 Å². The number of morpholine rings is 1. The van der Waals surface area contributed by atoms with Crippen LogP contribution in [0, 0.1) is 0 Å². The Morgan fingerprint density at radius 2 is 2.14 bits per heavy atom. The molecule has 0 spiro atoms. The zero-order chi connectivity index (χ0) is 15.3. The maximum absolute atomic E-state index is 14.2. The van der Waals surface area contributed by atoms with Gasteiger partial charge in [-0.1, -0.05) is 30.3 Å². The van der Waals surface area contributed by atoms with E-state index in [1.807, 2.05) is 0 Å². The summed E-state index contributed by atoms with van der Waals surface area (Å²) < 4.78 is 38.4. The number of methoxy groups -OCH3 is 1. The Hall–Kier alpha value is -1.53. The van der Waals surface area contributed by atoms with Gasteiger partial charge in [0.15, 0.2) is 0 Å². The van der Waals surface area contributed by atoms with E-state index in [1.54, 1.807) is 23.1 Å². The number of carbonyl (C=O) groups excluding carboxylic acids is 1. The minimum absolute atomic E-state index is 0.000935. The Balaban J connectivity index is 1.94. The minimum atomic E-state index is -2.92. The molecule has 1 saturated heterocycles. The van der Waals surface area contributed by atoms with Crippen LogP contribution < -0.4 is 0 Å². The van der Waals surface area contributed by atoms with Crippen LogP contribution in [0.1, 0.15) is 12.0 Å². The third-order valence-corrected chi connectivity index (χ3v) is 3.46. The van der Waals surface area contributed by atoms with Crippen LogP contribution in [0.5, 0.6) is 0 Å². The van der Waals surface area contributed by atoms with Crippen LogP contribution in [0.4, 0.5) is 8.78 Å². The van der Waals surface area contributed by atoms with Crippen LogP contribution in [0.2, 0.25) is 0 Å². The summed E-state index contributed by atoms with van der Waals surface area (Å²) >= 11 is 0. The number of halogens is 2. The van der Waals surface area contributed by atoms with Crippen LogP contribution in [0.3, 0.4) is 0 Å². The second-order valence-corrected chi connectivity index (χ2v) is 5.08. The normalized spacial score (nSPS) is 20.2. The van der Waals surface area contributed by atoms with Gasteiger partial charge in [-0.3, -0.25) is 9.69 Å². The molecule has 0 N–H and O–H groups in total. The van der Waals surface area contributed by atoms with Crippen LogP contribution >= 0.6 is 0 Å². The van der Waals surface area contributed by atoms with Crippen molar-refractivity contribution in [1.82, 2.24) is 4.90 Å². The molecule has 1 aromatic carbocycles. The second kappa shape index (κ2) is 6.95. The quantitative estimate of drug-likeness (QED) is 0.780. The Morgan fingerprint density at radius 3 is 2.81 bits per heavy atom. The maximum atomic E-state index is 14.2. The summed E-state index contributed by atoms with van der Waals surface area (Å²) in [6.07, 6.45) is -0.304. The first-order valence-corrected chi connectivity index (χ1v) is 6.85. The standard InChI is InChI=1S/C15H19F2NO3/c1-20-14(19)9-13-10-18(7-8-21-13)11-15(16,17)12-5-3-2-4-6-12/h2-6,13H,7-11H2,1H3. The molecule has 2 rings (SSSR count). The van der Waals surface area contributed by atoms with Gasteiger partial charge in [0.2, 0.25) is 0 Å². The van der Waals surface area contributed by atoms with Crippen molar-refractivity contribution >= 4 is 5.97 Å². The summed E-state index contributed by atoms with van der Waals surface area (Å²) in [5.74, 6) is -3.31. The number of ether oxygens (including phenoxy) is 2. The molecule has 4 nitrogen and oxygen atoms in total. The molecule has 0 aliphatic carbocycles. The van der Waals surface area contributed by atoms with E-state index in [2.05, 4.69) is 4.74 Å². The number of hydrogen-bond acceptors (Lipinski definition) is 4. The van der Waals surface area contributed by atoms with Crippen LogP contribution in [0.25, 0.3) is 0 Å². The molecule has 0 radical (unpaired) electrons.